The maximum absolute atomic E-state index is 13.3. The topological polar surface area (TPSA) is 97.6 Å². The van der Waals surface area contributed by atoms with Gasteiger partial charge in [-0.05, 0) is 91.7 Å². The number of aromatic nitrogens is 2. The van der Waals surface area contributed by atoms with Crippen LogP contribution in [0, 0.1) is 23.7 Å². The van der Waals surface area contributed by atoms with Crippen molar-refractivity contribution < 1.29 is 19.4 Å². The van der Waals surface area contributed by atoms with Gasteiger partial charge in [0.2, 0.25) is 0 Å². The zero-order chi connectivity index (χ0) is 30.5. The zero-order valence-electron chi connectivity index (χ0n) is 25.8. The van der Waals surface area contributed by atoms with Crippen LogP contribution in [0.1, 0.15) is 74.5 Å². The monoisotopic (exact) mass is 606 g/mol. The molecular formula is C37H42N4O4. The van der Waals surface area contributed by atoms with E-state index in [0.29, 0.717) is 6.54 Å². The number of urea groups is 1. The predicted molar refractivity (Wildman–Crippen MR) is 172 cm³/mol. The van der Waals surface area contributed by atoms with Crippen LogP contribution < -0.4 is 10.6 Å². The maximum atomic E-state index is 13.3. The summed E-state index contributed by atoms with van der Waals surface area (Å²) in [5.41, 5.74) is 5.45. The van der Waals surface area contributed by atoms with E-state index in [4.69, 9.17) is 9.47 Å². The molecule has 4 atom stereocenters. The molecule has 0 spiro atoms. The molecule has 4 unspecified atom stereocenters. The number of imidazole rings is 1. The summed E-state index contributed by atoms with van der Waals surface area (Å²) in [7, 11) is 0. The Labute approximate surface area is 264 Å². The first kappa shape index (κ1) is 28.7. The van der Waals surface area contributed by atoms with Gasteiger partial charge in [-0.2, -0.15) is 0 Å². The third kappa shape index (κ3) is 5.64. The van der Waals surface area contributed by atoms with Crippen molar-refractivity contribution in [1.29, 1.82) is 0 Å². The van der Waals surface area contributed by atoms with Crippen LogP contribution in [0.3, 0.4) is 0 Å². The third-order valence-electron chi connectivity index (χ3n) is 10.9. The van der Waals surface area contributed by atoms with Gasteiger partial charge in [0, 0.05) is 22.7 Å². The Bertz CT molecular complexity index is 1650. The summed E-state index contributed by atoms with van der Waals surface area (Å²) in [5, 5.41) is 16.2. The average Bonchev–Trinajstić information content (AvgIpc) is 3.44. The highest BCUT2D eigenvalue weighted by molar-refractivity contribution is 5.90. The number of fused-ring (bicyclic) bond motifs is 1. The second kappa shape index (κ2) is 11.6. The fraction of sp³-hybridized carbons (Fsp3) is 0.459. The number of hydrogen-bond acceptors (Lipinski definition) is 5. The molecule has 1 aromatic heterocycles. The van der Waals surface area contributed by atoms with Crippen molar-refractivity contribution in [3.05, 3.63) is 95.8 Å². The van der Waals surface area contributed by atoms with E-state index in [1.165, 1.54) is 19.3 Å². The predicted octanol–water partition coefficient (Wildman–Crippen LogP) is 7.11. The molecule has 2 amide bonds. The second-order valence-corrected chi connectivity index (χ2v) is 14.1. The van der Waals surface area contributed by atoms with Gasteiger partial charge in [-0.15, -0.1) is 0 Å². The molecule has 2 heterocycles. The van der Waals surface area contributed by atoms with Crippen molar-refractivity contribution in [3.63, 3.8) is 0 Å². The van der Waals surface area contributed by atoms with Gasteiger partial charge in [0.15, 0.2) is 6.29 Å². The molecule has 45 heavy (non-hydrogen) atoms. The molecule has 4 aromatic rings. The number of nitrogens with one attached hydrogen (secondary N) is 2. The van der Waals surface area contributed by atoms with Crippen molar-refractivity contribution in [2.75, 3.05) is 5.32 Å². The largest absolute Gasteiger partial charge is 0.392 e. The quantitative estimate of drug-likeness (QED) is 0.208. The van der Waals surface area contributed by atoms with Crippen LogP contribution in [0.4, 0.5) is 10.5 Å². The number of aliphatic hydroxyl groups is 1. The molecule has 4 aliphatic carbocycles. The van der Waals surface area contributed by atoms with E-state index in [0.717, 1.165) is 70.4 Å². The third-order valence-corrected chi connectivity index (χ3v) is 10.9. The lowest BCUT2D eigenvalue weighted by atomic mass is 9.53. The highest BCUT2D eigenvalue weighted by Crippen LogP contribution is 2.55. The summed E-state index contributed by atoms with van der Waals surface area (Å²) in [5.74, 6) is 2.34. The Morgan fingerprint density at radius 1 is 0.933 bits per heavy atom. The van der Waals surface area contributed by atoms with Gasteiger partial charge in [0.05, 0.1) is 42.7 Å². The summed E-state index contributed by atoms with van der Waals surface area (Å²) in [6.07, 6.45) is 8.22. The fourth-order valence-electron chi connectivity index (χ4n) is 9.11. The van der Waals surface area contributed by atoms with E-state index in [9.17, 15) is 9.90 Å². The Morgan fingerprint density at radius 3 is 2.40 bits per heavy atom. The molecule has 1 saturated heterocycles. The Morgan fingerprint density at radius 2 is 1.67 bits per heavy atom. The number of carbonyl (C=O) groups is 1. The number of ether oxygens (including phenoxy) is 2. The SMILES string of the molecule is CC1C(Cn2cnc3ccccc32)OC(c2cccc(NC(=O)NC34CC5CC(CC(C5)C3)C4)c2)OC1c1ccc(CO)cc1. The first-order chi connectivity index (χ1) is 21.9. The Hall–Kier alpha value is -3.72. The number of nitrogens with zero attached hydrogens (tertiary/aromatic N) is 2. The molecule has 3 N–H and O–H groups in total. The molecule has 234 valence electrons. The number of benzene rings is 3. The zero-order valence-corrected chi connectivity index (χ0v) is 25.8. The first-order valence-electron chi connectivity index (χ1n) is 16.5. The summed E-state index contributed by atoms with van der Waals surface area (Å²) in [6.45, 7) is 2.79. The van der Waals surface area contributed by atoms with Gasteiger partial charge >= 0.3 is 6.03 Å². The fourth-order valence-corrected chi connectivity index (χ4v) is 9.11. The smallest absolute Gasteiger partial charge is 0.319 e. The molecule has 4 bridgehead atoms. The molecular weight excluding hydrogens is 564 g/mol. The number of aliphatic hydroxyl groups excluding tert-OH is 1. The van der Waals surface area contributed by atoms with Gasteiger partial charge < -0.3 is 29.8 Å². The summed E-state index contributed by atoms with van der Waals surface area (Å²) >= 11 is 0. The molecule has 1 aliphatic heterocycles. The Balaban J connectivity index is 1.03. The normalized spacial score (nSPS) is 32.1. The minimum absolute atomic E-state index is 0.000342. The summed E-state index contributed by atoms with van der Waals surface area (Å²) < 4.78 is 15.6. The van der Waals surface area contributed by atoms with Crippen LogP contribution in [0.15, 0.2) is 79.1 Å². The lowest BCUT2D eigenvalue weighted by molar-refractivity contribution is -0.276. The van der Waals surface area contributed by atoms with Crippen LogP contribution in [-0.2, 0) is 22.6 Å². The van der Waals surface area contributed by atoms with E-state index < -0.39 is 6.29 Å². The lowest BCUT2D eigenvalue weighted by Gasteiger charge is -2.56. The lowest BCUT2D eigenvalue weighted by Crippen LogP contribution is -2.60. The number of carbonyl (C=O) groups excluding carboxylic acids is 1. The second-order valence-electron chi connectivity index (χ2n) is 14.1. The van der Waals surface area contributed by atoms with Crippen molar-refractivity contribution in [2.45, 2.75) is 82.6 Å². The van der Waals surface area contributed by atoms with E-state index in [1.54, 1.807) is 0 Å². The first-order valence-corrected chi connectivity index (χ1v) is 16.5. The maximum Gasteiger partial charge on any atom is 0.319 e. The highest BCUT2D eigenvalue weighted by atomic mass is 16.7. The van der Waals surface area contributed by atoms with Crippen molar-refractivity contribution in [2.24, 2.45) is 23.7 Å². The number of hydrogen-bond donors (Lipinski definition) is 3. The summed E-state index contributed by atoms with van der Waals surface area (Å²) in [6, 6.07) is 23.8. The van der Waals surface area contributed by atoms with Gasteiger partial charge in [0.1, 0.15) is 0 Å². The van der Waals surface area contributed by atoms with E-state index in [2.05, 4.69) is 33.2 Å². The number of rotatable bonds is 7. The molecule has 9 rings (SSSR count). The van der Waals surface area contributed by atoms with Gasteiger partial charge in [-0.3, -0.25) is 0 Å². The van der Waals surface area contributed by atoms with E-state index in [-0.39, 0.29) is 36.3 Å². The van der Waals surface area contributed by atoms with Crippen LogP contribution in [-0.4, -0.2) is 32.3 Å². The van der Waals surface area contributed by atoms with Gasteiger partial charge in [0.25, 0.3) is 0 Å². The molecule has 8 heteroatoms. The van der Waals surface area contributed by atoms with Crippen LogP contribution in [0.5, 0.6) is 0 Å². The van der Waals surface area contributed by atoms with Crippen molar-refractivity contribution in [3.8, 4) is 0 Å². The number of para-hydroxylation sites is 2. The molecule has 3 aromatic carbocycles. The highest BCUT2D eigenvalue weighted by Gasteiger charge is 2.51. The van der Waals surface area contributed by atoms with Crippen molar-refractivity contribution >= 4 is 22.8 Å². The van der Waals surface area contributed by atoms with Crippen molar-refractivity contribution in [1.82, 2.24) is 14.9 Å². The van der Waals surface area contributed by atoms with Gasteiger partial charge in [-0.1, -0.05) is 55.5 Å². The van der Waals surface area contributed by atoms with E-state index >= 15 is 0 Å². The van der Waals surface area contributed by atoms with Crippen LogP contribution >= 0.6 is 0 Å². The molecule has 5 aliphatic rings. The average molecular weight is 607 g/mol. The Kier molecular flexibility index (Phi) is 7.39. The molecule has 0 radical (unpaired) electrons. The minimum atomic E-state index is -0.628. The molecule has 8 nitrogen and oxygen atoms in total. The number of anilines is 1. The minimum Gasteiger partial charge on any atom is -0.392 e. The van der Waals surface area contributed by atoms with Crippen LogP contribution in [0.2, 0.25) is 0 Å². The number of amides is 2. The standard InChI is InChI=1S/C37H42N4O4/c1-23-33(20-41-22-38-31-7-2-3-8-32(31)41)44-35(45-34(23)28-11-9-24(21-42)10-12-28)29-5-4-6-30(16-29)39-36(43)40-37-17-25-13-26(18-37)15-27(14-25)19-37/h2-12,16,22-23,25-27,33-35,42H,13-15,17-21H2,1H3,(H2,39,40,43). The van der Waals surface area contributed by atoms with E-state index in [1.807, 2.05) is 73.1 Å². The summed E-state index contributed by atoms with van der Waals surface area (Å²) in [4.78, 5) is 17.9. The van der Waals surface area contributed by atoms with Gasteiger partial charge in [-0.25, -0.2) is 9.78 Å². The molecule has 5 fully saturated rings. The molecule has 4 saturated carbocycles. The van der Waals surface area contributed by atoms with Crippen LogP contribution in [0.25, 0.3) is 11.0 Å².